The fourth-order valence-electron chi connectivity index (χ4n) is 13.8. The first-order valence-electron chi connectivity index (χ1n) is 32.7. The van der Waals surface area contributed by atoms with Gasteiger partial charge in [0, 0.05) is 67.8 Å². The van der Waals surface area contributed by atoms with Crippen LogP contribution in [-0.4, -0.2) is 139 Å². The van der Waals surface area contributed by atoms with Gasteiger partial charge in [-0.15, -0.1) is 0 Å². The molecule has 1 saturated heterocycles. The first-order chi connectivity index (χ1) is 36.6. The zero-order valence-corrected chi connectivity index (χ0v) is 49.6. The van der Waals surface area contributed by atoms with Gasteiger partial charge >= 0.3 is 0 Å². The van der Waals surface area contributed by atoms with Crippen molar-refractivity contribution in [2.45, 2.75) is 320 Å². The van der Waals surface area contributed by atoms with Crippen molar-refractivity contribution < 1.29 is 4.74 Å². The number of guanidine groups is 3. The van der Waals surface area contributed by atoms with Crippen LogP contribution in [0.1, 0.15) is 266 Å². The smallest absolute Gasteiger partial charge is 0.192 e. The Kier molecular flexibility index (Phi) is 26.3. The Bertz CT molecular complexity index is 1620. The SMILES string of the molecule is CCC(C)(CC(C)N1CN(CCCN=C(NC2CCCCC2)NC2CCCCC2)CN(CCCNC(=NC2CCCCC2)NC2CCCCC2)C1)OCC(C)C(C)(CC)NC(=NC1CCCCC1)NC1CCCCC1. The molecule has 0 bridgehead atoms. The summed E-state index contributed by atoms with van der Waals surface area (Å²) in [6, 6.07) is 3.48. The Morgan fingerprint density at radius 3 is 1.41 bits per heavy atom. The molecule has 4 unspecified atom stereocenters. The molecule has 0 aromatic heterocycles. The van der Waals surface area contributed by atoms with Crippen molar-refractivity contribution in [1.82, 2.24) is 46.6 Å². The quantitative estimate of drug-likeness (QED) is 0.0316. The van der Waals surface area contributed by atoms with E-state index in [4.69, 9.17) is 19.7 Å². The van der Waals surface area contributed by atoms with E-state index in [-0.39, 0.29) is 11.1 Å². The van der Waals surface area contributed by atoms with Gasteiger partial charge in [-0.2, -0.15) is 0 Å². The Labute approximate surface area is 460 Å². The van der Waals surface area contributed by atoms with Crippen LogP contribution in [0.3, 0.4) is 0 Å². The summed E-state index contributed by atoms with van der Waals surface area (Å²) in [6.45, 7) is 22.0. The lowest BCUT2D eigenvalue weighted by atomic mass is 9.84. The van der Waals surface area contributed by atoms with Crippen LogP contribution in [0.4, 0.5) is 0 Å². The second-order valence-electron chi connectivity index (χ2n) is 26.1. The third kappa shape index (κ3) is 21.3. The molecule has 7 rings (SSSR count). The molecule has 13 heteroatoms. The normalized spacial score (nSPS) is 25.4. The van der Waals surface area contributed by atoms with Crippen LogP contribution in [0, 0.1) is 5.92 Å². The van der Waals surface area contributed by atoms with Crippen LogP contribution in [0.2, 0.25) is 0 Å². The lowest BCUT2D eigenvalue weighted by Gasteiger charge is -2.46. The van der Waals surface area contributed by atoms with Crippen LogP contribution in [-0.2, 0) is 4.74 Å². The van der Waals surface area contributed by atoms with Crippen molar-refractivity contribution in [2.24, 2.45) is 20.9 Å². The van der Waals surface area contributed by atoms with Gasteiger partial charge in [-0.1, -0.05) is 136 Å². The molecule has 6 aliphatic carbocycles. The molecule has 4 atom stereocenters. The van der Waals surface area contributed by atoms with Gasteiger partial charge in [-0.25, -0.2) is 9.98 Å². The van der Waals surface area contributed by atoms with E-state index < -0.39 is 0 Å². The van der Waals surface area contributed by atoms with Crippen molar-refractivity contribution in [2.75, 3.05) is 52.8 Å². The number of ether oxygens (including phenoxy) is 1. The summed E-state index contributed by atoms with van der Waals surface area (Å²) in [5, 5.41) is 23.6. The molecule has 75 heavy (non-hydrogen) atoms. The average Bonchev–Trinajstić information content (AvgIpc) is 3.44. The van der Waals surface area contributed by atoms with E-state index >= 15 is 0 Å². The Hall–Kier alpha value is -2.35. The number of hydrogen-bond acceptors (Lipinski definition) is 7. The van der Waals surface area contributed by atoms with Gasteiger partial charge in [0.1, 0.15) is 0 Å². The fraction of sp³-hybridized carbons (Fsp3) is 0.952. The maximum Gasteiger partial charge on any atom is 0.192 e. The number of nitrogens with zero attached hydrogens (tertiary/aromatic N) is 6. The van der Waals surface area contributed by atoms with Gasteiger partial charge < -0.3 is 36.6 Å². The van der Waals surface area contributed by atoms with Crippen LogP contribution in [0.25, 0.3) is 0 Å². The van der Waals surface area contributed by atoms with Gasteiger partial charge in [-0.05, 0) is 130 Å². The average molecular weight is 1050 g/mol. The van der Waals surface area contributed by atoms with Gasteiger partial charge in [0.25, 0.3) is 0 Å². The molecule has 1 heterocycles. The summed E-state index contributed by atoms with van der Waals surface area (Å²) in [5.74, 6) is 3.52. The Morgan fingerprint density at radius 2 is 0.947 bits per heavy atom. The highest BCUT2D eigenvalue weighted by atomic mass is 16.5. The molecule has 1 aliphatic heterocycles. The molecule has 0 aromatic carbocycles. The lowest BCUT2D eigenvalue weighted by Crippen LogP contribution is -2.59. The third-order valence-electron chi connectivity index (χ3n) is 19.6. The Morgan fingerprint density at radius 1 is 0.520 bits per heavy atom. The van der Waals surface area contributed by atoms with Crippen molar-refractivity contribution in [3.05, 3.63) is 0 Å². The molecule has 0 amide bonds. The molecule has 13 nitrogen and oxygen atoms in total. The van der Waals surface area contributed by atoms with Gasteiger partial charge in [0.2, 0.25) is 0 Å². The highest BCUT2D eigenvalue weighted by molar-refractivity contribution is 5.81. The van der Waals surface area contributed by atoms with E-state index in [0.717, 1.165) is 103 Å². The predicted octanol–water partition coefficient (Wildman–Crippen LogP) is 11.9. The molecular formula is C62H118N12O. The van der Waals surface area contributed by atoms with E-state index in [0.29, 0.717) is 48.2 Å². The fourth-order valence-corrected chi connectivity index (χ4v) is 13.8. The summed E-state index contributed by atoms with van der Waals surface area (Å²) in [7, 11) is 0. The molecule has 0 aromatic rings. The van der Waals surface area contributed by atoms with Gasteiger partial charge in [-0.3, -0.25) is 19.7 Å². The van der Waals surface area contributed by atoms with Gasteiger partial charge in [0.15, 0.2) is 17.9 Å². The largest absolute Gasteiger partial charge is 0.375 e. The first kappa shape index (κ1) is 60.3. The highest BCUT2D eigenvalue weighted by Gasteiger charge is 2.37. The maximum atomic E-state index is 7.20. The Balaban J connectivity index is 0.975. The minimum absolute atomic E-state index is 0.130. The molecule has 432 valence electrons. The number of aliphatic imine (C=N–C) groups is 3. The lowest BCUT2D eigenvalue weighted by molar-refractivity contribution is -0.0968. The molecular weight excluding hydrogens is 929 g/mol. The number of rotatable bonds is 24. The maximum absolute atomic E-state index is 7.20. The molecule has 7 fully saturated rings. The predicted molar refractivity (Wildman–Crippen MR) is 318 cm³/mol. The van der Waals surface area contributed by atoms with Crippen LogP contribution < -0.4 is 31.9 Å². The third-order valence-corrected chi connectivity index (χ3v) is 19.6. The van der Waals surface area contributed by atoms with Crippen molar-refractivity contribution in [1.29, 1.82) is 0 Å². The van der Waals surface area contributed by atoms with Crippen molar-refractivity contribution >= 4 is 17.9 Å². The first-order valence-corrected chi connectivity index (χ1v) is 32.7. The van der Waals surface area contributed by atoms with Crippen LogP contribution >= 0.6 is 0 Å². The zero-order chi connectivity index (χ0) is 52.6. The summed E-state index contributed by atoms with van der Waals surface area (Å²) in [6.07, 6.45) is 44.4. The monoisotopic (exact) mass is 1050 g/mol. The number of hydrogen-bond donors (Lipinski definition) is 6. The molecule has 6 N–H and O–H groups in total. The minimum Gasteiger partial charge on any atom is -0.375 e. The second kappa shape index (κ2) is 32.7. The standard InChI is InChI=1S/C62H118N12O/c1-7-61(5,75-46-50(3)62(6,8-2)71-60(69-56-37-23-13-24-38-56)70-57-39-25-14-26-40-57)45-51(4)74-48-72(43-27-41-63-58(65-52-29-15-9-16-30-52)66-53-31-17-10-18-32-53)47-73(49-74)44-28-42-64-59(67-54-33-19-11-20-34-54)68-55-35-21-12-22-36-55/h50-57H,7-49H2,1-6H3,(H2,63,65,66)(H2,64,67,68)(H2,69,70,71). The summed E-state index contributed by atoms with van der Waals surface area (Å²) in [4.78, 5) is 24.3. The van der Waals surface area contributed by atoms with E-state index in [2.05, 4.69) is 88.1 Å². The van der Waals surface area contributed by atoms with E-state index in [1.807, 2.05) is 0 Å². The number of nitrogens with one attached hydrogen (secondary N) is 6. The summed E-state index contributed by atoms with van der Waals surface area (Å²) >= 11 is 0. The van der Waals surface area contributed by atoms with E-state index in [1.54, 1.807) is 0 Å². The van der Waals surface area contributed by atoms with Crippen molar-refractivity contribution in [3.8, 4) is 0 Å². The highest BCUT2D eigenvalue weighted by Crippen LogP contribution is 2.31. The molecule has 7 aliphatic rings. The van der Waals surface area contributed by atoms with E-state index in [1.165, 1.54) is 193 Å². The molecule has 0 spiro atoms. The van der Waals surface area contributed by atoms with Crippen LogP contribution in [0.5, 0.6) is 0 Å². The second-order valence-corrected chi connectivity index (χ2v) is 26.1. The molecule has 0 radical (unpaired) electrons. The van der Waals surface area contributed by atoms with E-state index in [9.17, 15) is 0 Å². The topological polar surface area (TPSA) is 128 Å². The van der Waals surface area contributed by atoms with Gasteiger partial charge in [0.05, 0.1) is 44.3 Å². The minimum atomic E-state index is -0.222. The summed E-state index contributed by atoms with van der Waals surface area (Å²) < 4.78 is 7.20. The zero-order valence-electron chi connectivity index (χ0n) is 49.6. The van der Waals surface area contributed by atoms with Crippen LogP contribution in [0.15, 0.2) is 15.0 Å². The summed E-state index contributed by atoms with van der Waals surface area (Å²) in [5.41, 5.74) is -0.352. The van der Waals surface area contributed by atoms with Crippen molar-refractivity contribution in [3.63, 3.8) is 0 Å². The molecule has 6 saturated carbocycles.